The first-order valence-electron chi connectivity index (χ1n) is 13.8. The molecule has 2 amide bonds. The van der Waals surface area contributed by atoms with Crippen molar-refractivity contribution in [3.8, 4) is 0 Å². The number of likely N-dealkylation sites (tertiary alicyclic amines) is 1. The lowest BCUT2D eigenvalue weighted by atomic mass is 9.95. The Kier molecular flexibility index (Phi) is 19.7. The number of likely N-dealkylation sites (N-methyl/N-ethyl adjacent to an activating group) is 1. The Bertz CT molecular complexity index is 836. The maximum absolute atomic E-state index is 13.1. The van der Waals surface area contributed by atoms with Crippen LogP contribution in [0.15, 0.2) is 42.0 Å². The first-order chi connectivity index (χ1) is 17.7. The summed E-state index contributed by atoms with van der Waals surface area (Å²) in [5, 5.41) is 0. The summed E-state index contributed by atoms with van der Waals surface area (Å²) in [7, 11) is 2.15. The fraction of sp³-hybridized carbons (Fsp3) is 0.600. The molecule has 1 unspecified atom stereocenters. The Morgan fingerprint density at radius 1 is 1.19 bits per heavy atom. The maximum atomic E-state index is 13.1. The van der Waals surface area contributed by atoms with Gasteiger partial charge >= 0.3 is 0 Å². The van der Waals surface area contributed by atoms with Crippen LogP contribution in [0.5, 0.6) is 0 Å². The Hall–Kier alpha value is -2.09. The molecule has 1 aromatic rings. The van der Waals surface area contributed by atoms with E-state index in [0.717, 1.165) is 55.7 Å². The van der Waals surface area contributed by atoms with Crippen LogP contribution in [0.2, 0.25) is 0 Å². The first-order valence-corrected chi connectivity index (χ1v) is 14.4. The third-order valence-corrected chi connectivity index (χ3v) is 6.36. The highest BCUT2D eigenvalue weighted by molar-refractivity contribution is 7.80. The highest BCUT2D eigenvalue weighted by Gasteiger charge is 2.26. The molecule has 0 saturated carbocycles. The molecule has 4 N–H and O–H groups in total. The summed E-state index contributed by atoms with van der Waals surface area (Å²) >= 11 is 3.57. The molecule has 1 aliphatic heterocycles. The van der Waals surface area contributed by atoms with Gasteiger partial charge in [0.05, 0.1) is 12.3 Å². The van der Waals surface area contributed by atoms with E-state index in [0.29, 0.717) is 5.88 Å². The lowest BCUT2D eigenvalue weighted by Gasteiger charge is -2.26. The van der Waals surface area contributed by atoms with E-state index < -0.39 is 0 Å². The van der Waals surface area contributed by atoms with Crippen molar-refractivity contribution in [1.82, 2.24) is 9.80 Å². The van der Waals surface area contributed by atoms with E-state index in [2.05, 4.69) is 55.5 Å². The predicted molar refractivity (Wildman–Crippen MR) is 162 cm³/mol. The van der Waals surface area contributed by atoms with Crippen molar-refractivity contribution in [1.29, 1.82) is 0 Å². The SMILES string of the molecule is CC.CCCCCN(C)CCN1CCC/C(=C/C=C(\C)c2ccc(CC(N)=O)cc2)C(C)C1=O.NCS. The van der Waals surface area contributed by atoms with Crippen molar-refractivity contribution in [2.24, 2.45) is 17.4 Å². The second-order valence-electron chi connectivity index (χ2n) is 9.27. The molecule has 7 heteroatoms. The van der Waals surface area contributed by atoms with Gasteiger partial charge in [0.1, 0.15) is 0 Å². The van der Waals surface area contributed by atoms with Crippen molar-refractivity contribution in [2.75, 3.05) is 39.1 Å². The van der Waals surface area contributed by atoms with Gasteiger partial charge in [-0.2, -0.15) is 12.6 Å². The zero-order chi connectivity index (χ0) is 28.2. The molecule has 210 valence electrons. The number of nitrogens with zero attached hydrogens (tertiary/aromatic N) is 2. The van der Waals surface area contributed by atoms with Crippen molar-refractivity contribution in [2.45, 2.75) is 73.1 Å². The van der Waals surface area contributed by atoms with Crippen LogP contribution in [0.3, 0.4) is 0 Å². The molecule has 0 aliphatic carbocycles. The van der Waals surface area contributed by atoms with Crippen LogP contribution < -0.4 is 11.5 Å². The van der Waals surface area contributed by atoms with E-state index in [-0.39, 0.29) is 24.2 Å². The van der Waals surface area contributed by atoms with Crippen LogP contribution in [0.25, 0.3) is 5.57 Å². The van der Waals surface area contributed by atoms with Crippen molar-refractivity contribution < 1.29 is 9.59 Å². The molecule has 1 atom stereocenters. The van der Waals surface area contributed by atoms with Gasteiger partial charge in [-0.25, -0.2) is 0 Å². The molecule has 1 saturated heterocycles. The van der Waals surface area contributed by atoms with Gasteiger partial charge in [0, 0.05) is 25.5 Å². The van der Waals surface area contributed by atoms with Gasteiger partial charge in [0.2, 0.25) is 11.8 Å². The Balaban J connectivity index is 0.00000241. The van der Waals surface area contributed by atoms with Crippen molar-refractivity contribution in [3.05, 3.63) is 53.1 Å². The zero-order valence-electron chi connectivity index (χ0n) is 24.1. The molecule has 6 nitrogen and oxygen atoms in total. The van der Waals surface area contributed by atoms with E-state index in [4.69, 9.17) is 11.5 Å². The van der Waals surface area contributed by atoms with Crippen molar-refractivity contribution >= 4 is 30.0 Å². The number of carbonyl (C=O) groups is 2. The molecule has 37 heavy (non-hydrogen) atoms. The van der Waals surface area contributed by atoms with Crippen LogP contribution in [0.1, 0.15) is 77.8 Å². The topological polar surface area (TPSA) is 92.7 Å². The molecule has 0 radical (unpaired) electrons. The van der Waals surface area contributed by atoms with Crippen LogP contribution >= 0.6 is 12.6 Å². The fourth-order valence-electron chi connectivity index (χ4n) is 4.13. The predicted octanol–water partition coefficient (Wildman–Crippen LogP) is 5.28. The minimum absolute atomic E-state index is 0.0788. The van der Waals surface area contributed by atoms with Gasteiger partial charge in [0.15, 0.2) is 0 Å². The average Bonchev–Trinajstić information content (AvgIpc) is 3.01. The highest BCUT2D eigenvalue weighted by Crippen LogP contribution is 2.25. The molecule has 1 fully saturated rings. The number of hydrogen-bond donors (Lipinski definition) is 3. The van der Waals surface area contributed by atoms with Crippen LogP contribution in [-0.2, 0) is 16.0 Å². The largest absolute Gasteiger partial charge is 0.369 e. The van der Waals surface area contributed by atoms with E-state index in [9.17, 15) is 9.59 Å². The number of benzene rings is 1. The summed E-state index contributed by atoms with van der Waals surface area (Å²) in [5.74, 6) is 0.293. The molecule has 1 aliphatic rings. The minimum atomic E-state index is -0.320. The highest BCUT2D eigenvalue weighted by atomic mass is 32.1. The number of thiol groups is 1. The number of rotatable bonds is 11. The number of allylic oxidation sites excluding steroid dienone is 3. The number of primary amides is 1. The number of hydrogen-bond acceptors (Lipinski definition) is 5. The Morgan fingerprint density at radius 2 is 1.81 bits per heavy atom. The van der Waals surface area contributed by atoms with Gasteiger partial charge in [-0.15, -0.1) is 0 Å². The monoisotopic (exact) mass is 532 g/mol. The summed E-state index contributed by atoms with van der Waals surface area (Å²) in [5.41, 5.74) is 14.4. The van der Waals surface area contributed by atoms with E-state index in [1.165, 1.54) is 24.8 Å². The number of nitrogens with two attached hydrogens (primary N) is 2. The normalized spacial score (nSPS) is 17.1. The smallest absolute Gasteiger partial charge is 0.229 e. The van der Waals surface area contributed by atoms with Crippen molar-refractivity contribution in [3.63, 3.8) is 0 Å². The molecular formula is C30H52N4O2S. The summed E-state index contributed by atoms with van der Waals surface area (Å²) in [4.78, 5) is 28.5. The first kappa shape index (κ1) is 34.9. The quantitative estimate of drug-likeness (QED) is 0.205. The molecule has 0 aromatic heterocycles. The second kappa shape index (κ2) is 20.9. The number of amides is 2. The lowest BCUT2D eigenvalue weighted by Crippen LogP contribution is -2.39. The van der Waals surface area contributed by atoms with Gasteiger partial charge in [-0.1, -0.05) is 75.6 Å². The molecule has 2 rings (SSSR count). The zero-order valence-corrected chi connectivity index (χ0v) is 25.0. The standard InChI is InChI=1S/C27H41N3O2.C2H6.CH5NS/c1-5-6-7-16-29(4)18-19-30-17-8-9-25(22(3)27(30)32)13-10-21(2)24-14-11-23(12-15-24)20-26(28)31;1-2;2-1-3/h10-15,22H,5-9,16-20H2,1-4H3,(H2,28,31);1-2H3;3H,1-2H2/b21-10+,25-13-;;. The summed E-state index contributed by atoms with van der Waals surface area (Å²) in [6, 6.07) is 7.92. The van der Waals surface area contributed by atoms with Crippen LogP contribution in [0.4, 0.5) is 0 Å². The van der Waals surface area contributed by atoms with Gasteiger partial charge in [-0.3, -0.25) is 9.59 Å². The van der Waals surface area contributed by atoms with Crippen LogP contribution in [0, 0.1) is 5.92 Å². The maximum Gasteiger partial charge on any atom is 0.229 e. The molecule has 0 bridgehead atoms. The van der Waals surface area contributed by atoms with Gasteiger partial charge < -0.3 is 21.3 Å². The number of unbranched alkanes of at least 4 members (excludes halogenated alkanes) is 2. The third-order valence-electron chi connectivity index (χ3n) is 6.36. The third kappa shape index (κ3) is 14.4. The van der Waals surface area contributed by atoms with Gasteiger partial charge in [0.25, 0.3) is 0 Å². The Morgan fingerprint density at radius 3 is 2.38 bits per heavy atom. The minimum Gasteiger partial charge on any atom is -0.369 e. The summed E-state index contributed by atoms with van der Waals surface area (Å²) in [6.45, 7) is 14.0. The lowest BCUT2D eigenvalue weighted by molar-refractivity contribution is -0.133. The number of carbonyl (C=O) groups excluding carboxylic acids is 2. The second-order valence-corrected chi connectivity index (χ2v) is 9.64. The van der Waals surface area contributed by atoms with Crippen LogP contribution in [-0.4, -0.2) is 60.7 Å². The molecule has 1 heterocycles. The molecule has 0 spiro atoms. The van der Waals surface area contributed by atoms with E-state index >= 15 is 0 Å². The molecular weight excluding hydrogens is 480 g/mol. The molecule has 1 aromatic carbocycles. The van der Waals surface area contributed by atoms with E-state index in [1.807, 2.05) is 45.0 Å². The summed E-state index contributed by atoms with van der Waals surface area (Å²) < 4.78 is 0. The van der Waals surface area contributed by atoms with Gasteiger partial charge in [-0.05, 0) is 63.4 Å². The average molecular weight is 533 g/mol. The fourth-order valence-corrected chi connectivity index (χ4v) is 4.13. The Labute approximate surface area is 231 Å². The van der Waals surface area contributed by atoms with E-state index in [1.54, 1.807) is 0 Å². The summed E-state index contributed by atoms with van der Waals surface area (Å²) in [6.07, 6.45) is 10.2.